The van der Waals surface area contributed by atoms with Gasteiger partial charge in [-0.15, -0.1) is 0 Å². The molecule has 0 radical (unpaired) electrons. The Bertz CT molecular complexity index is 103. The Morgan fingerprint density at radius 3 is 2.10 bits per heavy atom. The molecular formula is C5H12BaO4. The first-order valence-corrected chi connectivity index (χ1v) is 2.67. The molecule has 0 saturated carbocycles. The Labute approximate surface area is 102 Å². The average Bonchev–Trinajstić information content (AvgIpc) is 1.82. The number of carboxylic acid groups (broad SMARTS) is 1. The standard InChI is InChI=1S/C5H10O4.Ba.2H/c6-2-1-4(3-7)5(8)9;;;/h4,6-7H,1-3H2,(H,8,9);;;/q;+2;2*-1. The van der Waals surface area contributed by atoms with Crippen LogP contribution in [0.25, 0.3) is 0 Å². The normalized spacial score (nSPS) is 11.8. The van der Waals surface area contributed by atoms with Gasteiger partial charge >= 0.3 is 54.9 Å². The van der Waals surface area contributed by atoms with E-state index in [-0.39, 0.29) is 64.8 Å². The van der Waals surface area contributed by atoms with Crippen molar-refractivity contribution in [3.05, 3.63) is 0 Å². The second-order valence-corrected chi connectivity index (χ2v) is 1.73. The van der Waals surface area contributed by atoms with Crippen LogP contribution in [0.3, 0.4) is 0 Å². The minimum atomic E-state index is -1.06. The van der Waals surface area contributed by atoms with E-state index in [0.717, 1.165) is 0 Å². The van der Waals surface area contributed by atoms with Gasteiger partial charge in [0.25, 0.3) is 0 Å². The summed E-state index contributed by atoms with van der Waals surface area (Å²) in [5.74, 6) is -1.87. The average molecular weight is 273 g/mol. The summed E-state index contributed by atoms with van der Waals surface area (Å²) >= 11 is 0. The first kappa shape index (κ1) is 13.5. The third kappa shape index (κ3) is 5.72. The predicted octanol–water partition coefficient (Wildman–Crippen LogP) is -1.09. The molecule has 0 spiro atoms. The smallest absolute Gasteiger partial charge is 1.00 e. The SMILES string of the molecule is O=C(O)C(CO)CCO.[Ba+2].[H-].[H-]. The summed E-state index contributed by atoms with van der Waals surface area (Å²) in [5.41, 5.74) is 0. The van der Waals surface area contributed by atoms with Gasteiger partial charge in [0.1, 0.15) is 0 Å². The summed E-state index contributed by atoms with van der Waals surface area (Å²) in [5, 5.41) is 24.8. The van der Waals surface area contributed by atoms with E-state index in [1.54, 1.807) is 0 Å². The van der Waals surface area contributed by atoms with Gasteiger partial charge in [0, 0.05) is 6.61 Å². The molecule has 0 rings (SSSR count). The number of aliphatic hydroxyl groups excluding tert-OH is 2. The third-order valence-corrected chi connectivity index (χ3v) is 1.05. The minimum Gasteiger partial charge on any atom is -1.00 e. The Hall–Kier alpha value is 0.961. The van der Waals surface area contributed by atoms with E-state index in [2.05, 4.69) is 0 Å². The molecule has 0 amide bonds. The van der Waals surface area contributed by atoms with Crippen LogP contribution in [0.4, 0.5) is 0 Å². The maximum atomic E-state index is 10.0. The topological polar surface area (TPSA) is 77.8 Å². The number of aliphatic carboxylic acids is 1. The van der Waals surface area contributed by atoms with Gasteiger partial charge in [0.15, 0.2) is 0 Å². The molecule has 0 aliphatic rings. The molecule has 0 fully saturated rings. The van der Waals surface area contributed by atoms with Crippen LogP contribution >= 0.6 is 0 Å². The molecule has 0 aliphatic carbocycles. The van der Waals surface area contributed by atoms with E-state index in [1.165, 1.54) is 0 Å². The Kier molecular flexibility index (Phi) is 10.9. The maximum absolute atomic E-state index is 10.0. The van der Waals surface area contributed by atoms with Crippen molar-refractivity contribution in [3.8, 4) is 0 Å². The van der Waals surface area contributed by atoms with Gasteiger partial charge in [0.2, 0.25) is 0 Å². The van der Waals surface area contributed by atoms with E-state index in [0.29, 0.717) is 0 Å². The van der Waals surface area contributed by atoms with Crippen LogP contribution in [0.1, 0.15) is 9.27 Å². The van der Waals surface area contributed by atoms with E-state index < -0.39 is 18.5 Å². The minimum absolute atomic E-state index is 0. The van der Waals surface area contributed by atoms with Crippen molar-refractivity contribution in [3.63, 3.8) is 0 Å². The molecule has 1 atom stereocenters. The Morgan fingerprint density at radius 2 is 2.00 bits per heavy atom. The van der Waals surface area contributed by atoms with Crippen molar-refractivity contribution in [2.24, 2.45) is 5.92 Å². The molecule has 0 saturated heterocycles. The summed E-state index contributed by atoms with van der Waals surface area (Å²) in [7, 11) is 0. The van der Waals surface area contributed by atoms with Crippen LogP contribution in [0.2, 0.25) is 0 Å². The van der Waals surface area contributed by atoms with Crippen molar-refractivity contribution in [2.75, 3.05) is 13.2 Å². The van der Waals surface area contributed by atoms with Gasteiger partial charge in [-0.1, -0.05) is 0 Å². The summed E-state index contributed by atoms with van der Waals surface area (Å²) in [4.78, 5) is 10.0. The first-order chi connectivity index (χ1) is 4.22. The van der Waals surface area contributed by atoms with E-state index in [9.17, 15) is 4.79 Å². The van der Waals surface area contributed by atoms with Crippen LogP contribution in [0, 0.1) is 5.92 Å². The zero-order chi connectivity index (χ0) is 7.28. The molecule has 0 bridgehead atoms. The quantitative estimate of drug-likeness (QED) is 0.569. The first-order valence-electron chi connectivity index (χ1n) is 2.67. The van der Waals surface area contributed by atoms with Crippen LogP contribution < -0.4 is 0 Å². The summed E-state index contributed by atoms with van der Waals surface area (Å²) < 4.78 is 0. The molecule has 0 aliphatic heterocycles. The fraction of sp³-hybridized carbons (Fsp3) is 0.800. The Balaban J connectivity index is -0.000000107. The molecule has 10 heavy (non-hydrogen) atoms. The molecule has 58 valence electrons. The second-order valence-electron chi connectivity index (χ2n) is 1.73. The van der Waals surface area contributed by atoms with Crippen LogP contribution in [-0.2, 0) is 4.79 Å². The zero-order valence-electron chi connectivity index (χ0n) is 7.66. The van der Waals surface area contributed by atoms with Crippen LogP contribution in [-0.4, -0.2) is 83.4 Å². The van der Waals surface area contributed by atoms with E-state index >= 15 is 0 Å². The van der Waals surface area contributed by atoms with Gasteiger partial charge in [-0.3, -0.25) is 4.79 Å². The number of rotatable bonds is 4. The number of hydrogen-bond acceptors (Lipinski definition) is 3. The second kappa shape index (κ2) is 8.06. The maximum Gasteiger partial charge on any atom is 2.00 e. The monoisotopic (exact) mass is 274 g/mol. The molecule has 0 aromatic carbocycles. The van der Waals surface area contributed by atoms with Gasteiger partial charge in [-0.05, 0) is 6.42 Å². The van der Waals surface area contributed by atoms with Crippen molar-refractivity contribution in [1.82, 2.24) is 0 Å². The third-order valence-electron chi connectivity index (χ3n) is 1.05. The van der Waals surface area contributed by atoms with Gasteiger partial charge < -0.3 is 18.2 Å². The molecule has 0 aromatic heterocycles. The fourth-order valence-electron chi connectivity index (χ4n) is 0.449. The number of hydrogen-bond donors (Lipinski definition) is 3. The summed E-state index contributed by atoms with van der Waals surface area (Å²) in [6.45, 7) is -0.604. The number of carboxylic acids is 1. The summed E-state index contributed by atoms with van der Waals surface area (Å²) in [6, 6.07) is 0. The number of aliphatic hydroxyl groups is 2. The van der Waals surface area contributed by atoms with Crippen molar-refractivity contribution in [2.45, 2.75) is 6.42 Å². The van der Waals surface area contributed by atoms with Gasteiger partial charge in [-0.25, -0.2) is 0 Å². The molecule has 0 aromatic rings. The molecule has 0 heterocycles. The fourth-order valence-corrected chi connectivity index (χ4v) is 0.449. The van der Waals surface area contributed by atoms with Gasteiger partial charge in [-0.2, -0.15) is 0 Å². The Morgan fingerprint density at radius 1 is 1.50 bits per heavy atom. The van der Waals surface area contributed by atoms with Crippen molar-refractivity contribution in [1.29, 1.82) is 0 Å². The summed E-state index contributed by atoms with van der Waals surface area (Å²) in [6.07, 6.45) is 0.117. The molecule has 3 N–H and O–H groups in total. The molecule has 4 nitrogen and oxygen atoms in total. The molecule has 5 heteroatoms. The number of carbonyl (C=O) groups is 1. The van der Waals surface area contributed by atoms with E-state index in [4.69, 9.17) is 15.3 Å². The van der Waals surface area contributed by atoms with Crippen molar-refractivity contribution >= 4 is 54.9 Å². The van der Waals surface area contributed by atoms with Crippen LogP contribution in [0.5, 0.6) is 0 Å². The molecular weight excluding hydrogens is 261 g/mol. The van der Waals surface area contributed by atoms with Gasteiger partial charge in [0.05, 0.1) is 12.5 Å². The predicted molar refractivity (Wildman–Crippen MR) is 37.9 cm³/mol. The van der Waals surface area contributed by atoms with E-state index in [1.807, 2.05) is 0 Å². The van der Waals surface area contributed by atoms with Crippen molar-refractivity contribution < 1.29 is 23.0 Å². The largest absolute Gasteiger partial charge is 2.00 e. The zero-order valence-corrected chi connectivity index (χ0v) is 10.1. The molecule has 1 unspecified atom stereocenters. The van der Waals surface area contributed by atoms with Crippen LogP contribution in [0.15, 0.2) is 0 Å².